The molecular formula is C23H42. The van der Waals surface area contributed by atoms with Crippen molar-refractivity contribution in [3.63, 3.8) is 0 Å². The molecule has 23 heavy (non-hydrogen) atoms. The van der Waals surface area contributed by atoms with Gasteiger partial charge in [-0.2, -0.15) is 0 Å². The van der Waals surface area contributed by atoms with Gasteiger partial charge in [0.05, 0.1) is 0 Å². The van der Waals surface area contributed by atoms with Gasteiger partial charge in [-0.3, -0.25) is 0 Å². The zero-order chi connectivity index (χ0) is 16.8. The molecule has 0 radical (unpaired) electrons. The van der Waals surface area contributed by atoms with Crippen LogP contribution in [0.15, 0.2) is 37.0 Å². The minimum Gasteiger partial charge on any atom is -0.103 e. The molecule has 0 nitrogen and oxygen atoms in total. The minimum absolute atomic E-state index is 1.17. The number of unbranched alkanes of at least 4 members (excludes halogenated alkanes) is 13. The normalized spacial score (nSPS) is 11.7. The highest BCUT2D eigenvalue weighted by atomic mass is 14.0. The molecule has 0 saturated carbocycles. The molecule has 0 aliphatic carbocycles. The molecule has 0 aromatic heterocycles. The molecule has 0 heteroatoms. The van der Waals surface area contributed by atoms with Crippen molar-refractivity contribution in [1.29, 1.82) is 0 Å². The zero-order valence-corrected chi connectivity index (χ0v) is 15.9. The standard InChI is InChI=1S/C23H42/c1-3-5-7-9-11-13-15-17-19-21-23-22-20-18-16-14-12-10-8-6-4-2/h3,13,15,20,22H,1,4-12,14,16-19,21,23H2,2H3/b15-13-,22-20-. The largest absolute Gasteiger partial charge is 0.103 e. The summed E-state index contributed by atoms with van der Waals surface area (Å²) >= 11 is 0. The molecule has 0 spiro atoms. The van der Waals surface area contributed by atoms with Crippen LogP contribution in [0.25, 0.3) is 0 Å². The van der Waals surface area contributed by atoms with Crippen molar-refractivity contribution in [2.24, 2.45) is 0 Å². The highest BCUT2D eigenvalue weighted by Crippen LogP contribution is 2.09. The summed E-state index contributed by atoms with van der Waals surface area (Å²) in [6.07, 6.45) is 33.0. The SMILES string of the molecule is C=CCCCC/C=C\CCCC/C=C\CCCCCCCCC. The van der Waals surface area contributed by atoms with E-state index in [-0.39, 0.29) is 0 Å². The van der Waals surface area contributed by atoms with Crippen LogP contribution in [0, 0.1) is 0 Å². The molecule has 0 bridgehead atoms. The summed E-state index contributed by atoms with van der Waals surface area (Å²) in [5.74, 6) is 0. The lowest BCUT2D eigenvalue weighted by Gasteiger charge is -1.99. The van der Waals surface area contributed by atoms with Crippen LogP contribution in [0.4, 0.5) is 0 Å². The minimum atomic E-state index is 1.17. The number of hydrogen-bond donors (Lipinski definition) is 0. The maximum Gasteiger partial charge on any atom is -0.0351 e. The van der Waals surface area contributed by atoms with Crippen LogP contribution >= 0.6 is 0 Å². The molecule has 0 rings (SSSR count). The second kappa shape index (κ2) is 21.2. The monoisotopic (exact) mass is 318 g/mol. The van der Waals surface area contributed by atoms with Crippen molar-refractivity contribution < 1.29 is 0 Å². The Morgan fingerprint density at radius 3 is 1.26 bits per heavy atom. The first kappa shape index (κ1) is 22.2. The van der Waals surface area contributed by atoms with Crippen molar-refractivity contribution in [1.82, 2.24) is 0 Å². The van der Waals surface area contributed by atoms with Gasteiger partial charge in [0.15, 0.2) is 0 Å². The third-order valence-corrected chi connectivity index (χ3v) is 4.33. The molecule has 0 saturated heterocycles. The summed E-state index contributed by atoms with van der Waals surface area (Å²) in [5, 5.41) is 0. The first-order chi connectivity index (χ1) is 11.4. The average Bonchev–Trinajstić information content (AvgIpc) is 2.57. The first-order valence-corrected chi connectivity index (χ1v) is 10.3. The molecule has 0 N–H and O–H groups in total. The van der Waals surface area contributed by atoms with Crippen LogP contribution < -0.4 is 0 Å². The highest BCUT2D eigenvalue weighted by molar-refractivity contribution is 4.84. The molecule has 0 aromatic rings. The maximum absolute atomic E-state index is 3.75. The second-order valence-corrected chi connectivity index (χ2v) is 6.71. The fourth-order valence-electron chi connectivity index (χ4n) is 2.77. The van der Waals surface area contributed by atoms with E-state index in [4.69, 9.17) is 0 Å². The second-order valence-electron chi connectivity index (χ2n) is 6.71. The lowest BCUT2D eigenvalue weighted by molar-refractivity contribution is 0.592. The van der Waals surface area contributed by atoms with E-state index in [1.165, 1.54) is 103 Å². The zero-order valence-electron chi connectivity index (χ0n) is 15.9. The van der Waals surface area contributed by atoms with Crippen LogP contribution in [0.5, 0.6) is 0 Å². The van der Waals surface area contributed by atoms with Crippen molar-refractivity contribution in [3.8, 4) is 0 Å². The third-order valence-electron chi connectivity index (χ3n) is 4.33. The molecule has 0 atom stereocenters. The van der Waals surface area contributed by atoms with Gasteiger partial charge in [0, 0.05) is 0 Å². The molecule has 0 amide bonds. The average molecular weight is 319 g/mol. The maximum atomic E-state index is 3.75. The van der Waals surface area contributed by atoms with E-state index in [0.29, 0.717) is 0 Å². The Kier molecular flexibility index (Phi) is 20.5. The molecular weight excluding hydrogens is 276 g/mol. The molecule has 0 aliphatic heterocycles. The fourth-order valence-corrected chi connectivity index (χ4v) is 2.77. The highest BCUT2D eigenvalue weighted by Gasteiger charge is 1.89. The van der Waals surface area contributed by atoms with E-state index in [2.05, 4.69) is 37.8 Å². The summed E-state index contributed by atoms with van der Waals surface area (Å²) in [5.41, 5.74) is 0. The molecule has 0 aliphatic rings. The van der Waals surface area contributed by atoms with E-state index in [0.717, 1.165) is 0 Å². The van der Waals surface area contributed by atoms with Gasteiger partial charge in [0.25, 0.3) is 0 Å². The van der Waals surface area contributed by atoms with Crippen molar-refractivity contribution >= 4 is 0 Å². The lowest BCUT2D eigenvalue weighted by Crippen LogP contribution is -1.79. The predicted molar refractivity (Wildman–Crippen MR) is 108 cm³/mol. The van der Waals surface area contributed by atoms with E-state index in [9.17, 15) is 0 Å². The molecule has 0 unspecified atom stereocenters. The van der Waals surface area contributed by atoms with Crippen LogP contribution in [-0.2, 0) is 0 Å². The Morgan fingerprint density at radius 2 is 0.826 bits per heavy atom. The number of hydrogen-bond acceptors (Lipinski definition) is 0. The first-order valence-electron chi connectivity index (χ1n) is 10.3. The third kappa shape index (κ3) is 21.2. The Balaban J connectivity index is 3.13. The van der Waals surface area contributed by atoms with Crippen LogP contribution in [-0.4, -0.2) is 0 Å². The molecule has 134 valence electrons. The Hall–Kier alpha value is -0.780. The summed E-state index contributed by atoms with van der Waals surface area (Å²) in [6, 6.07) is 0. The predicted octanol–water partition coefficient (Wildman–Crippen LogP) is 8.55. The Bertz CT molecular complexity index is 272. The smallest absolute Gasteiger partial charge is 0.0351 e. The summed E-state index contributed by atoms with van der Waals surface area (Å²) in [6.45, 7) is 6.04. The lowest BCUT2D eigenvalue weighted by atomic mass is 10.1. The van der Waals surface area contributed by atoms with E-state index >= 15 is 0 Å². The topological polar surface area (TPSA) is 0 Å². The Morgan fingerprint density at radius 1 is 0.478 bits per heavy atom. The quantitative estimate of drug-likeness (QED) is 0.175. The Labute approximate surface area is 147 Å². The molecule has 0 aromatic carbocycles. The van der Waals surface area contributed by atoms with Gasteiger partial charge >= 0.3 is 0 Å². The van der Waals surface area contributed by atoms with Gasteiger partial charge in [-0.25, -0.2) is 0 Å². The fraction of sp³-hybridized carbons (Fsp3) is 0.739. The van der Waals surface area contributed by atoms with Crippen molar-refractivity contribution in [2.45, 2.75) is 110 Å². The molecule has 0 heterocycles. The number of allylic oxidation sites excluding steroid dienone is 5. The van der Waals surface area contributed by atoms with Crippen molar-refractivity contribution in [2.75, 3.05) is 0 Å². The molecule has 0 fully saturated rings. The summed E-state index contributed by atoms with van der Waals surface area (Å²) < 4.78 is 0. The van der Waals surface area contributed by atoms with Gasteiger partial charge in [0.2, 0.25) is 0 Å². The van der Waals surface area contributed by atoms with Crippen LogP contribution in [0.1, 0.15) is 110 Å². The van der Waals surface area contributed by atoms with Gasteiger partial charge < -0.3 is 0 Å². The van der Waals surface area contributed by atoms with Gasteiger partial charge in [0.1, 0.15) is 0 Å². The summed E-state index contributed by atoms with van der Waals surface area (Å²) in [7, 11) is 0. The van der Waals surface area contributed by atoms with E-state index < -0.39 is 0 Å². The number of rotatable bonds is 18. The summed E-state index contributed by atoms with van der Waals surface area (Å²) in [4.78, 5) is 0. The van der Waals surface area contributed by atoms with Crippen LogP contribution in [0.2, 0.25) is 0 Å². The van der Waals surface area contributed by atoms with Gasteiger partial charge in [-0.15, -0.1) is 6.58 Å². The van der Waals surface area contributed by atoms with E-state index in [1.807, 2.05) is 6.08 Å². The van der Waals surface area contributed by atoms with Crippen LogP contribution in [0.3, 0.4) is 0 Å². The van der Waals surface area contributed by atoms with Gasteiger partial charge in [-0.1, -0.05) is 75.8 Å². The van der Waals surface area contributed by atoms with Gasteiger partial charge in [-0.05, 0) is 64.2 Å². The van der Waals surface area contributed by atoms with Crippen molar-refractivity contribution in [3.05, 3.63) is 37.0 Å². The van der Waals surface area contributed by atoms with E-state index in [1.54, 1.807) is 0 Å².